The van der Waals surface area contributed by atoms with Gasteiger partial charge in [0.2, 0.25) is 0 Å². The van der Waals surface area contributed by atoms with Crippen LogP contribution in [0.3, 0.4) is 0 Å². The van der Waals surface area contributed by atoms with E-state index in [1.165, 1.54) is 7.11 Å². The van der Waals surface area contributed by atoms with Gasteiger partial charge in [-0.2, -0.15) is 0 Å². The molecule has 1 aliphatic heterocycles. The Labute approximate surface area is 155 Å². The minimum atomic E-state index is -0.405. The normalized spacial score (nSPS) is 16.8. The van der Waals surface area contributed by atoms with E-state index in [-0.39, 0.29) is 11.9 Å². The second-order valence-corrected chi connectivity index (χ2v) is 7.31. The molecule has 132 valence electrons. The van der Waals surface area contributed by atoms with Crippen LogP contribution in [0, 0.1) is 0 Å². The highest BCUT2D eigenvalue weighted by atomic mass is 32.1. The summed E-state index contributed by atoms with van der Waals surface area (Å²) in [5.41, 5.74) is 1.99. The molecule has 0 N–H and O–H groups in total. The van der Waals surface area contributed by atoms with E-state index in [0.29, 0.717) is 11.1 Å². The van der Waals surface area contributed by atoms with E-state index in [4.69, 9.17) is 9.72 Å². The molecule has 1 saturated heterocycles. The first-order valence-corrected chi connectivity index (χ1v) is 9.34. The number of rotatable bonds is 3. The Kier molecular flexibility index (Phi) is 4.42. The number of para-hydroxylation sites is 1. The van der Waals surface area contributed by atoms with Crippen LogP contribution in [0.1, 0.15) is 44.6 Å². The molecule has 0 unspecified atom stereocenters. The Hall–Kier alpha value is -2.73. The number of aromatic nitrogens is 1. The number of amides is 1. The summed E-state index contributed by atoms with van der Waals surface area (Å²) < 4.78 is 5.84. The van der Waals surface area contributed by atoms with Crippen molar-refractivity contribution in [1.29, 1.82) is 0 Å². The fraction of sp³-hybridized carbons (Fsp3) is 0.250. The van der Waals surface area contributed by atoms with Crippen LogP contribution in [0.2, 0.25) is 0 Å². The van der Waals surface area contributed by atoms with Gasteiger partial charge in [-0.1, -0.05) is 12.1 Å². The Bertz CT molecular complexity index is 932. The van der Waals surface area contributed by atoms with Gasteiger partial charge in [0.1, 0.15) is 5.01 Å². The van der Waals surface area contributed by atoms with E-state index in [2.05, 4.69) is 6.07 Å². The van der Waals surface area contributed by atoms with Crippen molar-refractivity contribution >= 4 is 33.4 Å². The molecule has 3 aromatic rings. The van der Waals surface area contributed by atoms with Crippen LogP contribution in [0.25, 0.3) is 10.2 Å². The topological polar surface area (TPSA) is 59.5 Å². The lowest BCUT2D eigenvalue weighted by atomic mass is 10.1. The zero-order valence-electron chi connectivity index (χ0n) is 14.3. The van der Waals surface area contributed by atoms with Crippen LogP contribution in [-0.2, 0) is 4.74 Å². The number of benzene rings is 2. The van der Waals surface area contributed by atoms with Gasteiger partial charge in [-0.25, -0.2) is 9.78 Å². The van der Waals surface area contributed by atoms with Gasteiger partial charge in [0.15, 0.2) is 0 Å². The molecule has 2 aromatic carbocycles. The molecule has 0 bridgehead atoms. The molecule has 1 aromatic heterocycles. The Balaban J connectivity index is 1.59. The fourth-order valence-electron chi connectivity index (χ4n) is 3.33. The van der Waals surface area contributed by atoms with Crippen molar-refractivity contribution in [3.05, 3.63) is 64.7 Å². The third kappa shape index (κ3) is 2.97. The lowest BCUT2D eigenvalue weighted by molar-refractivity contribution is 0.0599. The number of carbonyl (C=O) groups is 2. The summed E-state index contributed by atoms with van der Waals surface area (Å²) in [6.45, 7) is 0.720. The van der Waals surface area contributed by atoms with E-state index < -0.39 is 5.97 Å². The van der Waals surface area contributed by atoms with Gasteiger partial charge in [-0.3, -0.25) is 4.79 Å². The molecular formula is C20H18N2O3S. The quantitative estimate of drug-likeness (QED) is 0.656. The van der Waals surface area contributed by atoms with Gasteiger partial charge in [-0.05, 0) is 49.2 Å². The third-order valence-electron chi connectivity index (χ3n) is 4.66. The van der Waals surface area contributed by atoms with Gasteiger partial charge in [-0.15, -0.1) is 11.3 Å². The predicted octanol–water partition coefficient (Wildman–Crippen LogP) is 4.06. The highest BCUT2D eigenvalue weighted by Crippen LogP contribution is 2.37. The second kappa shape index (κ2) is 6.88. The molecule has 2 heterocycles. The Morgan fingerprint density at radius 1 is 1.12 bits per heavy atom. The van der Waals surface area contributed by atoms with Crippen LogP contribution >= 0.6 is 11.3 Å². The number of thiazole rings is 1. The molecule has 0 radical (unpaired) electrons. The van der Waals surface area contributed by atoms with Gasteiger partial charge >= 0.3 is 5.97 Å². The summed E-state index contributed by atoms with van der Waals surface area (Å²) in [4.78, 5) is 31.2. The van der Waals surface area contributed by atoms with E-state index in [1.54, 1.807) is 35.6 Å². The number of likely N-dealkylation sites (tertiary alicyclic amines) is 1. The first-order valence-electron chi connectivity index (χ1n) is 8.52. The van der Waals surface area contributed by atoms with Crippen molar-refractivity contribution in [1.82, 2.24) is 9.88 Å². The number of hydrogen-bond acceptors (Lipinski definition) is 5. The number of ether oxygens (including phenoxy) is 1. The second-order valence-electron chi connectivity index (χ2n) is 6.25. The first-order chi connectivity index (χ1) is 12.7. The minimum absolute atomic E-state index is 0.0141. The maximum atomic E-state index is 13.0. The summed E-state index contributed by atoms with van der Waals surface area (Å²) in [7, 11) is 1.34. The Morgan fingerprint density at radius 3 is 2.58 bits per heavy atom. The van der Waals surface area contributed by atoms with Gasteiger partial charge < -0.3 is 9.64 Å². The van der Waals surface area contributed by atoms with Crippen molar-refractivity contribution in [3.63, 3.8) is 0 Å². The summed E-state index contributed by atoms with van der Waals surface area (Å²) in [6, 6.07) is 14.7. The van der Waals surface area contributed by atoms with Gasteiger partial charge in [0.05, 0.1) is 28.9 Å². The fourth-order valence-corrected chi connectivity index (χ4v) is 4.45. The monoisotopic (exact) mass is 366 g/mol. The van der Waals surface area contributed by atoms with Gasteiger partial charge in [0, 0.05) is 12.1 Å². The zero-order valence-corrected chi connectivity index (χ0v) is 15.2. The van der Waals surface area contributed by atoms with Crippen molar-refractivity contribution < 1.29 is 14.3 Å². The number of nitrogens with zero attached hydrogens (tertiary/aromatic N) is 2. The molecule has 1 atom stereocenters. The predicted molar refractivity (Wildman–Crippen MR) is 100 cm³/mol. The number of fused-ring (bicyclic) bond motifs is 1. The maximum absolute atomic E-state index is 13.0. The summed E-state index contributed by atoms with van der Waals surface area (Å²) in [6.07, 6.45) is 1.89. The van der Waals surface area contributed by atoms with Crippen molar-refractivity contribution in [2.24, 2.45) is 0 Å². The number of hydrogen-bond donors (Lipinski definition) is 0. The van der Waals surface area contributed by atoms with E-state index in [9.17, 15) is 9.59 Å². The molecule has 0 saturated carbocycles. The van der Waals surface area contributed by atoms with Crippen molar-refractivity contribution in [3.8, 4) is 0 Å². The van der Waals surface area contributed by atoms with Crippen LogP contribution < -0.4 is 0 Å². The number of carbonyl (C=O) groups excluding carboxylic acids is 2. The molecule has 6 heteroatoms. The van der Waals surface area contributed by atoms with Crippen LogP contribution in [0.5, 0.6) is 0 Å². The van der Waals surface area contributed by atoms with E-state index in [0.717, 1.165) is 34.6 Å². The highest BCUT2D eigenvalue weighted by molar-refractivity contribution is 7.18. The molecule has 1 fully saturated rings. The summed E-state index contributed by atoms with van der Waals surface area (Å²) in [5, 5.41) is 0.989. The Morgan fingerprint density at radius 2 is 1.85 bits per heavy atom. The van der Waals surface area contributed by atoms with E-state index in [1.807, 2.05) is 23.1 Å². The molecule has 1 amide bonds. The number of methoxy groups -OCH3 is 1. The third-order valence-corrected chi connectivity index (χ3v) is 5.80. The molecule has 26 heavy (non-hydrogen) atoms. The molecule has 0 spiro atoms. The van der Waals surface area contributed by atoms with Crippen LogP contribution in [0.15, 0.2) is 48.5 Å². The first kappa shape index (κ1) is 16.7. The molecule has 0 aliphatic carbocycles. The van der Waals surface area contributed by atoms with Crippen LogP contribution in [0.4, 0.5) is 0 Å². The summed E-state index contributed by atoms with van der Waals surface area (Å²) in [5.74, 6) is -0.430. The van der Waals surface area contributed by atoms with E-state index >= 15 is 0 Å². The molecule has 5 nitrogen and oxygen atoms in total. The molecule has 4 rings (SSSR count). The smallest absolute Gasteiger partial charge is 0.337 e. The maximum Gasteiger partial charge on any atom is 0.337 e. The lowest BCUT2D eigenvalue weighted by Crippen LogP contribution is -2.30. The molecular weight excluding hydrogens is 348 g/mol. The SMILES string of the molecule is COC(=O)c1ccc(C(=O)N2CCC[C@H]2c2nc3ccccc3s2)cc1. The summed E-state index contributed by atoms with van der Waals surface area (Å²) >= 11 is 1.65. The minimum Gasteiger partial charge on any atom is -0.465 e. The largest absolute Gasteiger partial charge is 0.465 e. The average Bonchev–Trinajstić information content (AvgIpc) is 3.33. The zero-order chi connectivity index (χ0) is 18.1. The van der Waals surface area contributed by atoms with Gasteiger partial charge in [0.25, 0.3) is 5.91 Å². The lowest BCUT2D eigenvalue weighted by Gasteiger charge is -2.23. The average molecular weight is 366 g/mol. The molecule has 1 aliphatic rings. The van der Waals surface area contributed by atoms with Crippen LogP contribution in [-0.4, -0.2) is 35.4 Å². The van der Waals surface area contributed by atoms with Crippen molar-refractivity contribution in [2.75, 3.05) is 13.7 Å². The highest BCUT2D eigenvalue weighted by Gasteiger charge is 2.32. The van der Waals surface area contributed by atoms with Crippen molar-refractivity contribution in [2.45, 2.75) is 18.9 Å². The standard InChI is InChI=1S/C20H18N2O3S/c1-25-20(24)14-10-8-13(9-11-14)19(23)22-12-4-6-16(22)18-21-15-5-2-3-7-17(15)26-18/h2-3,5,7-11,16H,4,6,12H2,1H3/t16-/m0/s1. The number of esters is 1.